The van der Waals surface area contributed by atoms with Gasteiger partial charge < -0.3 is 5.32 Å². The van der Waals surface area contributed by atoms with E-state index in [4.69, 9.17) is 23.8 Å². The van der Waals surface area contributed by atoms with E-state index in [0.29, 0.717) is 28.6 Å². The molecule has 2 aromatic heterocycles. The summed E-state index contributed by atoms with van der Waals surface area (Å²) in [5.74, 6) is 0.463. The molecule has 0 aliphatic heterocycles. The Bertz CT molecular complexity index is 905. The molecule has 0 aliphatic carbocycles. The molecule has 6 nitrogen and oxygen atoms in total. The molecule has 8 heteroatoms. The van der Waals surface area contributed by atoms with Crippen LogP contribution in [-0.4, -0.2) is 32.2 Å². The van der Waals surface area contributed by atoms with Crippen molar-refractivity contribution in [2.24, 2.45) is 0 Å². The highest BCUT2D eigenvalue weighted by molar-refractivity contribution is 7.71. The van der Waals surface area contributed by atoms with E-state index in [1.54, 1.807) is 22.9 Å². The molecule has 0 aliphatic rings. The summed E-state index contributed by atoms with van der Waals surface area (Å²) in [5, 5.41) is 10.5. The molecular weight excluding hydrogens is 358 g/mol. The molecule has 0 atom stereocenters. The number of carbonyl (C=O) groups excluding carboxylic acids is 1. The number of carbonyl (C=O) groups is 1. The second kappa shape index (κ2) is 8.04. The van der Waals surface area contributed by atoms with Gasteiger partial charge in [-0.2, -0.15) is 5.10 Å². The maximum absolute atomic E-state index is 12.2. The molecule has 0 radical (unpaired) electrons. The van der Waals surface area contributed by atoms with E-state index < -0.39 is 0 Å². The van der Waals surface area contributed by atoms with Crippen LogP contribution in [0.15, 0.2) is 48.7 Å². The van der Waals surface area contributed by atoms with Gasteiger partial charge in [0.1, 0.15) is 6.54 Å². The lowest BCUT2D eigenvalue weighted by molar-refractivity contribution is -0.121. The predicted molar refractivity (Wildman–Crippen MR) is 98.8 cm³/mol. The number of nitrogens with one attached hydrogen (secondary N) is 2. The number of pyridine rings is 1. The summed E-state index contributed by atoms with van der Waals surface area (Å²) in [6.45, 7) is 0.604. The van der Waals surface area contributed by atoms with Crippen molar-refractivity contribution < 1.29 is 4.79 Å². The minimum atomic E-state index is -0.136. The fraction of sp³-hybridized carbons (Fsp3) is 0.176. The van der Waals surface area contributed by atoms with Crippen molar-refractivity contribution in [3.63, 3.8) is 0 Å². The summed E-state index contributed by atoms with van der Waals surface area (Å²) in [5.41, 5.74) is 1.77. The Kier molecular flexibility index (Phi) is 5.57. The summed E-state index contributed by atoms with van der Waals surface area (Å²) in [4.78, 5) is 16.5. The van der Waals surface area contributed by atoms with E-state index in [2.05, 4.69) is 20.5 Å². The van der Waals surface area contributed by atoms with E-state index in [-0.39, 0.29) is 12.5 Å². The van der Waals surface area contributed by atoms with Gasteiger partial charge in [-0.15, -0.1) is 0 Å². The molecule has 0 spiro atoms. The van der Waals surface area contributed by atoms with Gasteiger partial charge in [-0.3, -0.25) is 19.4 Å². The first-order valence-corrected chi connectivity index (χ1v) is 8.50. The molecular formula is C17H16ClN5OS. The highest BCUT2D eigenvalue weighted by Crippen LogP contribution is 2.19. The third kappa shape index (κ3) is 4.52. The van der Waals surface area contributed by atoms with Crippen LogP contribution in [0, 0.1) is 4.77 Å². The van der Waals surface area contributed by atoms with Gasteiger partial charge in [-0.25, -0.2) is 0 Å². The normalized spacial score (nSPS) is 10.6. The molecule has 1 amide bonds. The number of hydrogen-bond acceptors (Lipinski definition) is 4. The van der Waals surface area contributed by atoms with Crippen LogP contribution in [0.2, 0.25) is 5.02 Å². The highest BCUT2D eigenvalue weighted by atomic mass is 35.5. The minimum absolute atomic E-state index is 0.0928. The van der Waals surface area contributed by atoms with Crippen molar-refractivity contribution in [2.75, 3.05) is 6.54 Å². The SMILES string of the molecule is O=C(Cn1c(-c2ccc(Cl)cc2)n[nH]c1=S)NCCc1ccccn1. The van der Waals surface area contributed by atoms with E-state index in [1.807, 2.05) is 30.3 Å². The number of aromatic nitrogens is 4. The molecule has 0 unspecified atom stereocenters. The van der Waals surface area contributed by atoms with Crippen LogP contribution >= 0.6 is 23.8 Å². The number of nitrogens with zero attached hydrogens (tertiary/aromatic N) is 3. The lowest BCUT2D eigenvalue weighted by Crippen LogP contribution is -2.29. The summed E-state index contributed by atoms with van der Waals surface area (Å²) in [7, 11) is 0. The van der Waals surface area contributed by atoms with Gasteiger partial charge >= 0.3 is 0 Å². The average Bonchev–Trinajstić information content (AvgIpc) is 2.97. The third-order valence-electron chi connectivity index (χ3n) is 3.59. The molecule has 3 rings (SSSR count). The van der Waals surface area contributed by atoms with Crippen LogP contribution in [0.3, 0.4) is 0 Å². The molecule has 2 N–H and O–H groups in total. The first kappa shape index (κ1) is 17.3. The maximum atomic E-state index is 12.2. The molecule has 0 fully saturated rings. The van der Waals surface area contributed by atoms with E-state index in [0.717, 1.165) is 11.3 Å². The van der Waals surface area contributed by atoms with Crippen LogP contribution < -0.4 is 5.32 Å². The molecule has 1 aromatic carbocycles. The van der Waals surface area contributed by atoms with Crippen molar-refractivity contribution in [1.82, 2.24) is 25.1 Å². The van der Waals surface area contributed by atoms with Crippen LogP contribution in [0.25, 0.3) is 11.4 Å². The lowest BCUT2D eigenvalue weighted by Gasteiger charge is -2.08. The van der Waals surface area contributed by atoms with E-state index >= 15 is 0 Å². The number of H-pyrrole nitrogens is 1. The predicted octanol–water partition coefficient (Wildman–Crippen LogP) is 3.01. The average molecular weight is 374 g/mol. The van der Waals surface area contributed by atoms with Crippen LogP contribution in [0.1, 0.15) is 5.69 Å². The monoisotopic (exact) mass is 373 g/mol. The fourth-order valence-corrected chi connectivity index (χ4v) is 2.68. The van der Waals surface area contributed by atoms with Crippen LogP contribution in [0.4, 0.5) is 0 Å². The van der Waals surface area contributed by atoms with Crippen molar-refractivity contribution in [3.8, 4) is 11.4 Å². The number of amides is 1. The molecule has 3 aromatic rings. The van der Waals surface area contributed by atoms with Crippen molar-refractivity contribution in [3.05, 3.63) is 64.1 Å². The van der Waals surface area contributed by atoms with Crippen LogP contribution in [-0.2, 0) is 17.8 Å². The number of rotatable bonds is 6. The van der Waals surface area contributed by atoms with Crippen molar-refractivity contribution in [1.29, 1.82) is 0 Å². The molecule has 128 valence electrons. The molecule has 0 saturated heterocycles. The molecule has 25 heavy (non-hydrogen) atoms. The Balaban J connectivity index is 1.64. The standard InChI is InChI=1S/C17H16ClN5OS/c18-13-6-4-12(5-7-13)16-21-22-17(25)23(16)11-15(24)20-10-8-14-3-1-2-9-19-14/h1-7,9H,8,10-11H2,(H,20,24)(H,22,25). The highest BCUT2D eigenvalue weighted by Gasteiger charge is 2.12. The molecule has 2 heterocycles. The summed E-state index contributed by atoms with van der Waals surface area (Å²) in [6.07, 6.45) is 2.41. The summed E-state index contributed by atoms with van der Waals surface area (Å²) < 4.78 is 2.05. The van der Waals surface area contributed by atoms with Gasteiger partial charge in [-0.05, 0) is 48.6 Å². The largest absolute Gasteiger partial charge is 0.354 e. The van der Waals surface area contributed by atoms with E-state index in [9.17, 15) is 4.79 Å². The molecule has 0 saturated carbocycles. The number of benzene rings is 1. The minimum Gasteiger partial charge on any atom is -0.354 e. The van der Waals surface area contributed by atoms with Gasteiger partial charge in [0.05, 0.1) is 0 Å². The zero-order valence-corrected chi connectivity index (χ0v) is 14.8. The van der Waals surface area contributed by atoms with Gasteiger partial charge in [0.15, 0.2) is 10.6 Å². The smallest absolute Gasteiger partial charge is 0.240 e. The Labute approximate surface area is 154 Å². The summed E-state index contributed by atoms with van der Waals surface area (Å²) >= 11 is 11.1. The third-order valence-corrected chi connectivity index (χ3v) is 4.16. The fourth-order valence-electron chi connectivity index (χ4n) is 2.36. The van der Waals surface area contributed by atoms with Gasteiger partial charge in [0.25, 0.3) is 0 Å². The van der Waals surface area contributed by atoms with Crippen LogP contribution in [0.5, 0.6) is 0 Å². The molecule has 0 bridgehead atoms. The first-order valence-electron chi connectivity index (χ1n) is 7.71. The second-order valence-corrected chi connectivity index (χ2v) is 6.19. The lowest BCUT2D eigenvalue weighted by atomic mass is 10.2. The Hall–Kier alpha value is -2.51. The van der Waals surface area contributed by atoms with Gasteiger partial charge in [-0.1, -0.05) is 17.7 Å². The zero-order chi connectivity index (χ0) is 17.6. The maximum Gasteiger partial charge on any atom is 0.240 e. The first-order chi connectivity index (χ1) is 12.1. The van der Waals surface area contributed by atoms with Gasteiger partial charge in [0.2, 0.25) is 5.91 Å². The quantitative estimate of drug-likeness (QED) is 0.651. The Morgan fingerprint density at radius 3 is 2.76 bits per heavy atom. The van der Waals surface area contributed by atoms with Crippen molar-refractivity contribution in [2.45, 2.75) is 13.0 Å². The zero-order valence-electron chi connectivity index (χ0n) is 13.3. The van der Waals surface area contributed by atoms with Crippen molar-refractivity contribution >= 4 is 29.7 Å². The Morgan fingerprint density at radius 2 is 2.04 bits per heavy atom. The Morgan fingerprint density at radius 1 is 1.24 bits per heavy atom. The number of aromatic amines is 1. The number of hydrogen-bond donors (Lipinski definition) is 2. The summed E-state index contributed by atoms with van der Waals surface area (Å²) in [6, 6.07) is 12.9. The number of halogens is 1. The van der Waals surface area contributed by atoms with Gasteiger partial charge in [0, 0.05) is 35.4 Å². The topological polar surface area (TPSA) is 75.6 Å². The van der Waals surface area contributed by atoms with E-state index in [1.165, 1.54) is 0 Å². The second-order valence-electron chi connectivity index (χ2n) is 5.37.